The second-order valence-corrected chi connectivity index (χ2v) is 8.18. The van der Waals surface area contributed by atoms with E-state index >= 15 is 0 Å². The number of benzene rings is 2. The molecule has 12 heteroatoms. The zero-order valence-electron chi connectivity index (χ0n) is 16.5. The van der Waals surface area contributed by atoms with E-state index in [0.29, 0.717) is 17.3 Å². The lowest BCUT2D eigenvalue weighted by Crippen LogP contribution is -2.27. The fourth-order valence-corrected chi connectivity index (χ4v) is 4.18. The van der Waals surface area contributed by atoms with Gasteiger partial charge in [-0.25, -0.2) is 0 Å². The molecule has 2 heterocycles. The molecular formula is C21H12ClN3O7S. The Morgan fingerprint density at radius 3 is 2.52 bits per heavy atom. The minimum atomic E-state index is -0.616. The van der Waals surface area contributed by atoms with Crippen molar-refractivity contribution in [1.82, 2.24) is 4.90 Å². The van der Waals surface area contributed by atoms with Crippen molar-refractivity contribution in [2.24, 2.45) is 0 Å². The van der Waals surface area contributed by atoms with Crippen molar-refractivity contribution in [3.63, 3.8) is 0 Å². The van der Waals surface area contributed by atoms with Gasteiger partial charge in [0.25, 0.3) is 22.5 Å². The van der Waals surface area contributed by atoms with E-state index in [1.807, 2.05) is 0 Å². The Kier molecular flexibility index (Phi) is 5.99. The lowest BCUT2D eigenvalue weighted by atomic mass is 10.1. The molecule has 0 atom stereocenters. The van der Waals surface area contributed by atoms with E-state index in [1.54, 1.807) is 6.07 Å². The monoisotopic (exact) mass is 485 g/mol. The molecule has 0 N–H and O–H groups in total. The number of para-hydroxylation sites is 1. The highest BCUT2D eigenvalue weighted by Crippen LogP contribution is 2.36. The zero-order chi connectivity index (χ0) is 23.7. The number of carbonyl (C=O) groups excluding carboxylic acids is 2. The predicted octanol–water partition coefficient (Wildman–Crippen LogP) is 5.65. The number of amides is 2. The van der Waals surface area contributed by atoms with E-state index in [2.05, 4.69) is 0 Å². The molecule has 4 rings (SSSR count). The number of halogens is 1. The summed E-state index contributed by atoms with van der Waals surface area (Å²) in [6, 6.07) is 12.8. The Morgan fingerprint density at radius 2 is 1.79 bits per heavy atom. The highest BCUT2D eigenvalue weighted by molar-refractivity contribution is 8.18. The van der Waals surface area contributed by atoms with Crippen LogP contribution in [0.5, 0.6) is 0 Å². The van der Waals surface area contributed by atoms with E-state index in [0.717, 1.165) is 4.90 Å². The Morgan fingerprint density at radius 1 is 1.03 bits per heavy atom. The molecule has 1 aliphatic rings. The number of hydrogen-bond acceptors (Lipinski definition) is 8. The highest BCUT2D eigenvalue weighted by Gasteiger charge is 2.36. The fraction of sp³-hybridized carbons (Fsp3) is 0.0476. The number of hydrogen-bond donors (Lipinski definition) is 0. The first-order valence-electron chi connectivity index (χ1n) is 9.26. The quantitative estimate of drug-likeness (QED) is 0.248. The Labute approximate surface area is 194 Å². The Hall–Kier alpha value is -3.96. The van der Waals surface area contributed by atoms with Crippen LogP contribution in [-0.2, 0) is 11.3 Å². The van der Waals surface area contributed by atoms with Gasteiger partial charge in [0.15, 0.2) is 0 Å². The summed E-state index contributed by atoms with van der Waals surface area (Å²) < 4.78 is 5.67. The molecule has 0 saturated carbocycles. The van der Waals surface area contributed by atoms with Gasteiger partial charge in [-0.3, -0.25) is 34.7 Å². The Bertz CT molecular complexity index is 1350. The van der Waals surface area contributed by atoms with E-state index in [4.69, 9.17) is 16.0 Å². The predicted molar refractivity (Wildman–Crippen MR) is 120 cm³/mol. The second-order valence-electron chi connectivity index (χ2n) is 6.78. The molecule has 1 aliphatic heterocycles. The van der Waals surface area contributed by atoms with Crippen LogP contribution in [-0.4, -0.2) is 25.9 Å². The molecule has 0 radical (unpaired) electrons. The fourth-order valence-electron chi connectivity index (χ4n) is 3.15. The van der Waals surface area contributed by atoms with Crippen molar-refractivity contribution in [3.8, 4) is 11.3 Å². The van der Waals surface area contributed by atoms with Gasteiger partial charge in [0.1, 0.15) is 11.5 Å². The third-order valence-corrected chi connectivity index (χ3v) is 5.95. The largest absolute Gasteiger partial charge is 0.457 e. The van der Waals surface area contributed by atoms with Crippen LogP contribution in [0.15, 0.2) is 63.9 Å². The highest BCUT2D eigenvalue weighted by atomic mass is 35.5. The van der Waals surface area contributed by atoms with E-state index in [9.17, 15) is 29.8 Å². The molecule has 3 aromatic rings. The van der Waals surface area contributed by atoms with E-state index in [1.165, 1.54) is 54.6 Å². The molecule has 166 valence electrons. The number of rotatable bonds is 6. The lowest BCUT2D eigenvalue weighted by Gasteiger charge is -2.12. The summed E-state index contributed by atoms with van der Waals surface area (Å²) in [5.41, 5.74) is 0.176. The van der Waals surface area contributed by atoms with Gasteiger partial charge in [-0.05, 0) is 30.0 Å². The maximum Gasteiger partial charge on any atom is 0.293 e. The number of non-ortho nitro benzene ring substituents is 1. The summed E-state index contributed by atoms with van der Waals surface area (Å²) in [6.45, 7) is -0.244. The molecule has 33 heavy (non-hydrogen) atoms. The van der Waals surface area contributed by atoms with Crippen LogP contribution in [0.4, 0.5) is 16.2 Å². The normalized spacial score (nSPS) is 14.8. The number of furan rings is 1. The number of nitrogens with zero attached hydrogens (tertiary/aromatic N) is 3. The standard InChI is InChI=1S/C21H12ClN3O7S/c22-16-7-5-13(24(28)29)9-15(16)18-8-6-14(32-18)10-19-20(26)23(21(27)33-19)11-12-3-1-2-4-17(12)25(30)31/h1-10H,11H2/b19-10-. The Balaban J connectivity index is 1.58. The van der Waals surface area contributed by atoms with Gasteiger partial charge in [-0.1, -0.05) is 29.8 Å². The maximum absolute atomic E-state index is 12.8. The molecule has 1 fully saturated rings. The van der Waals surface area contributed by atoms with Crippen molar-refractivity contribution >= 4 is 52.0 Å². The molecule has 2 aromatic carbocycles. The first kappa shape index (κ1) is 22.2. The third-order valence-electron chi connectivity index (χ3n) is 4.72. The van der Waals surface area contributed by atoms with Gasteiger partial charge in [-0.2, -0.15) is 0 Å². The van der Waals surface area contributed by atoms with Crippen LogP contribution in [0.1, 0.15) is 11.3 Å². The van der Waals surface area contributed by atoms with Crippen LogP contribution in [0.25, 0.3) is 17.4 Å². The van der Waals surface area contributed by atoms with Crippen molar-refractivity contribution < 1.29 is 23.9 Å². The molecule has 1 aromatic heterocycles. The number of thioether (sulfide) groups is 1. The van der Waals surface area contributed by atoms with Crippen LogP contribution in [0.2, 0.25) is 5.02 Å². The van der Waals surface area contributed by atoms with Crippen LogP contribution in [0, 0.1) is 20.2 Å². The van der Waals surface area contributed by atoms with Gasteiger partial charge in [-0.15, -0.1) is 0 Å². The molecule has 0 unspecified atom stereocenters. The molecule has 0 bridgehead atoms. The van der Waals surface area contributed by atoms with Gasteiger partial charge >= 0.3 is 0 Å². The summed E-state index contributed by atoms with van der Waals surface area (Å²) in [4.78, 5) is 47.2. The van der Waals surface area contributed by atoms with Crippen LogP contribution < -0.4 is 0 Å². The van der Waals surface area contributed by atoms with Gasteiger partial charge < -0.3 is 4.42 Å². The average Bonchev–Trinajstić information content (AvgIpc) is 3.34. The average molecular weight is 486 g/mol. The summed E-state index contributed by atoms with van der Waals surface area (Å²) in [7, 11) is 0. The molecule has 0 spiro atoms. The molecule has 1 saturated heterocycles. The first-order valence-corrected chi connectivity index (χ1v) is 10.5. The number of carbonyl (C=O) groups is 2. The van der Waals surface area contributed by atoms with Crippen molar-refractivity contribution in [3.05, 3.63) is 96.1 Å². The van der Waals surface area contributed by atoms with Gasteiger partial charge in [0, 0.05) is 35.4 Å². The summed E-state index contributed by atoms with van der Waals surface area (Å²) in [5.74, 6) is -0.146. The molecule has 10 nitrogen and oxygen atoms in total. The topological polar surface area (TPSA) is 137 Å². The van der Waals surface area contributed by atoms with Crippen molar-refractivity contribution in [2.45, 2.75) is 6.54 Å². The smallest absolute Gasteiger partial charge is 0.293 e. The maximum atomic E-state index is 12.8. The third kappa shape index (κ3) is 4.49. The second kappa shape index (κ2) is 8.88. The minimum Gasteiger partial charge on any atom is -0.457 e. The summed E-state index contributed by atoms with van der Waals surface area (Å²) in [5, 5.41) is 21.9. The van der Waals surface area contributed by atoms with Crippen LogP contribution in [0.3, 0.4) is 0 Å². The van der Waals surface area contributed by atoms with Crippen molar-refractivity contribution in [1.29, 1.82) is 0 Å². The number of imide groups is 1. The molecule has 2 amide bonds. The first-order chi connectivity index (χ1) is 15.7. The molecule has 0 aliphatic carbocycles. The van der Waals surface area contributed by atoms with E-state index < -0.39 is 21.0 Å². The summed E-state index contributed by atoms with van der Waals surface area (Å²) in [6.07, 6.45) is 1.36. The molecular weight excluding hydrogens is 474 g/mol. The SMILES string of the molecule is O=C1S/C(=C\c2ccc(-c3cc([N+](=O)[O-])ccc3Cl)o2)C(=O)N1Cc1ccccc1[N+](=O)[O-]. The van der Waals surface area contributed by atoms with Crippen LogP contribution >= 0.6 is 23.4 Å². The van der Waals surface area contributed by atoms with Crippen molar-refractivity contribution in [2.75, 3.05) is 0 Å². The summed E-state index contributed by atoms with van der Waals surface area (Å²) >= 11 is 6.81. The minimum absolute atomic E-state index is 0.0737. The zero-order valence-corrected chi connectivity index (χ0v) is 18.0. The van der Waals surface area contributed by atoms with Gasteiger partial charge in [0.2, 0.25) is 0 Å². The number of nitro benzene ring substituents is 2. The van der Waals surface area contributed by atoms with E-state index in [-0.39, 0.29) is 44.9 Å². The number of nitro groups is 2. The lowest BCUT2D eigenvalue weighted by molar-refractivity contribution is -0.385. The van der Waals surface area contributed by atoms with Gasteiger partial charge in [0.05, 0.1) is 26.3 Å².